The van der Waals surface area contributed by atoms with E-state index in [1.54, 1.807) is 6.92 Å². The van der Waals surface area contributed by atoms with Crippen molar-refractivity contribution in [3.05, 3.63) is 34.0 Å². The van der Waals surface area contributed by atoms with Crippen LogP contribution in [0.2, 0.25) is 5.02 Å². The highest BCUT2D eigenvalue weighted by Gasteiger charge is 2.22. The summed E-state index contributed by atoms with van der Waals surface area (Å²) in [7, 11) is 0. The fourth-order valence-electron chi connectivity index (χ4n) is 2.22. The van der Waals surface area contributed by atoms with Gasteiger partial charge in [-0.15, -0.1) is 12.4 Å². The first-order chi connectivity index (χ1) is 10.2. The van der Waals surface area contributed by atoms with Crippen LogP contribution in [0, 0.1) is 6.92 Å². The third-order valence-corrected chi connectivity index (χ3v) is 3.81. The minimum absolute atomic E-state index is 0. The summed E-state index contributed by atoms with van der Waals surface area (Å²) in [5.74, 6) is -0.235. The molecule has 0 spiro atoms. The van der Waals surface area contributed by atoms with E-state index in [0.717, 1.165) is 16.5 Å². The second-order valence-corrected chi connectivity index (χ2v) is 6.67. The molecule has 0 saturated carbocycles. The zero-order chi connectivity index (χ0) is 16.5. The van der Waals surface area contributed by atoms with Crippen LogP contribution < -0.4 is 5.32 Å². The Bertz CT molecular complexity index is 702. The molecular formula is C17H23Cl2NO3. The molecule has 1 N–H and O–H groups in total. The smallest absolute Gasteiger partial charge is 0.374 e. The highest BCUT2D eigenvalue weighted by Crippen LogP contribution is 2.34. The Labute approximate surface area is 147 Å². The number of aryl methyl sites for hydroxylation is 1. The van der Waals surface area contributed by atoms with E-state index in [9.17, 15) is 4.79 Å². The van der Waals surface area contributed by atoms with Gasteiger partial charge in [0, 0.05) is 23.0 Å². The van der Waals surface area contributed by atoms with Gasteiger partial charge < -0.3 is 14.5 Å². The van der Waals surface area contributed by atoms with Crippen molar-refractivity contribution in [2.45, 2.75) is 46.7 Å². The molecule has 0 aliphatic heterocycles. The van der Waals surface area contributed by atoms with Crippen molar-refractivity contribution in [1.29, 1.82) is 0 Å². The fourth-order valence-corrected chi connectivity index (χ4v) is 2.59. The van der Waals surface area contributed by atoms with Crippen molar-refractivity contribution >= 4 is 40.9 Å². The number of carbonyl (C=O) groups is 1. The summed E-state index contributed by atoms with van der Waals surface area (Å²) >= 11 is 6.52. The van der Waals surface area contributed by atoms with Gasteiger partial charge in [0.15, 0.2) is 0 Å². The second-order valence-electron chi connectivity index (χ2n) is 6.29. The van der Waals surface area contributed by atoms with E-state index in [2.05, 4.69) is 26.1 Å². The zero-order valence-corrected chi connectivity index (χ0v) is 15.7. The summed E-state index contributed by atoms with van der Waals surface area (Å²) in [5.41, 5.74) is 2.30. The van der Waals surface area contributed by atoms with Gasteiger partial charge in [0.1, 0.15) is 5.58 Å². The van der Waals surface area contributed by atoms with Gasteiger partial charge >= 0.3 is 5.97 Å². The largest absolute Gasteiger partial charge is 0.460 e. The summed E-state index contributed by atoms with van der Waals surface area (Å²) in [6.07, 6.45) is 0. The molecule has 6 heteroatoms. The highest BCUT2D eigenvalue weighted by atomic mass is 35.5. The molecule has 1 heterocycles. The molecule has 0 unspecified atom stereocenters. The number of ether oxygens (including phenoxy) is 1. The molecule has 0 atom stereocenters. The fraction of sp³-hybridized carbons (Fsp3) is 0.471. The molecule has 0 aliphatic carbocycles. The van der Waals surface area contributed by atoms with Crippen LogP contribution in [0.15, 0.2) is 16.5 Å². The Balaban J connectivity index is 0.00000264. The third-order valence-electron chi connectivity index (χ3n) is 3.38. The molecule has 0 aliphatic rings. The maximum atomic E-state index is 11.9. The lowest BCUT2D eigenvalue weighted by molar-refractivity contribution is 0.0491. The lowest BCUT2D eigenvalue weighted by atomic mass is 10.1. The van der Waals surface area contributed by atoms with E-state index in [0.29, 0.717) is 23.8 Å². The average molecular weight is 360 g/mol. The molecule has 128 valence electrons. The molecule has 2 rings (SSSR count). The van der Waals surface area contributed by atoms with Gasteiger partial charge in [-0.1, -0.05) is 17.7 Å². The number of benzene rings is 1. The van der Waals surface area contributed by atoms with Crippen LogP contribution in [0.25, 0.3) is 11.0 Å². The molecule has 23 heavy (non-hydrogen) atoms. The average Bonchev–Trinajstić information content (AvgIpc) is 2.75. The van der Waals surface area contributed by atoms with Crippen LogP contribution in [0.5, 0.6) is 0 Å². The van der Waals surface area contributed by atoms with Gasteiger partial charge in [0.2, 0.25) is 5.76 Å². The summed E-state index contributed by atoms with van der Waals surface area (Å²) < 4.78 is 10.6. The molecule has 0 saturated heterocycles. The van der Waals surface area contributed by atoms with E-state index in [1.807, 2.05) is 19.1 Å². The number of rotatable bonds is 4. The number of nitrogens with one attached hydrogen (secondary N) is 1. The van der Waals surface area contributed by atoms with Gasteiger partial charge in [0.05, 0.1) is 11.6 Å². The van der Waals surface area contributed by atoms with E-state index in [4.69, 9.17) is 20.8 Å². The predicted molar refractivity (Wildman–Crippen MR) is 95.8 cm³/mol. The summed E-state index contributed by atoms with van der Waals surface area (Å²) in [4.78, 5) is 11.9. The Morgan fingerprint density at radius 3 is 2.57 bits per heavy atom. The summed E-state index contributed by atoms with van der Waals surface area (Å²) in [6, 6.07) is 3.76. The molecule has 0 amide bonds. The van der Waals surface area contributed by atoms with Crippen molar-refractivity contribution in [2.75, 3.05) is 6.61 Å². The Morgan fingerprint density at radius 2 is 2.00 bits per heavy atom. The van der Waals surface area contributed by atoms with E-state index < -0.39 is 5.97 Å². The lowest BCUT2D eigenvalue weighted by Gasteiger charge is -2.21. The van der Waals surface area contributed by atoms with Crippen LogP contribution >= 0.6 is 24.0 Å². The van der Waals surface area contributed by atoms with Gasteiger partial charge in [0.25, 0.3) is 0 Å². The number of hydrogen-bond acceptors (Lipinski definition) is 4. The van der Waals surface area contributed by atoms with Crippen molar-refractivity contribution in [3.63, 3.8) is 0 Å². The quantitative estimate of drug-likeness (QED) is 0.790. The summed E-state index contributed by atoms with van der Waals surface area (Å²) in [5, 5.41) is 4.80. The normalized spacial score (nSPS) is 11.4. The van der Waals surface area contributed by atoms with Crippen LogP contribution in [0.4, 0.5) is 0 Å². The first-order valence-corrected chi connectivity index (χ1v) is 7.75. The first-order valence-electron chi connectivity index (χ1n) is 7.37. The zero-order valence-electron chi connectivity index (χ0n) is 14.1. The minimum atomic E-state index is -0.457. The third kappa shape index (κ3) is 4.40. The molecule has 1 aromatic carbocycles. The number of carbonyl (C=O) groups excluding carboxylic acids is 1. The van der Waals surface area contributed by atoms with E-state index >= 15 is 0 Å². The van der Waals surface area contributed by atoms with Gasteiger partial charge in [-0.2, -0.15) is 0 Å². The molecule has 0 bridgehead atoms. The number of furan rings is 1. The van der Waals surface area contributed by atoms with Crippen LogP contribution in [-0.4, -0.2) is 18.1 Å². The highest BCUT2D eigenvalue weighted by molar-refractivity contribution is 6.36. The predicted octanol–water partition coefficient (Wildman–Crippen LogP) is 4.88. The maximum Gasteiger partial charge on any atom is 0.374 e. The minimum Gasteiger partial charge on any atom is -0.460 e. The lowest BCUT2D eigenvalue weighted by Crippen LogP contribution is -2.35. The molecule has 0 radical (unpaired) electrons. The number of hydrogen-bond donors (Lipinski definition) is 1. The van der Waals surface area contributed by atoms with Crippen molar-refractivity contribution in [2.24, 2.45) is 0 Å². The van der Waals surface area contributed by atoms with Gasteiger partial charge in [-0.3, -0.25) is 0 Å². The summed E-state index contributed by atoms with van der Waals surface area (Å²) in [6.45, 7) is 10.8. The molecule has 1 aromatic heterocycles. The Kier molecular flexibility index (Phi) is 6.51. The van der Waals surface area contributed by atoms with E-state index in [-0.39, 0.29) is 23.7 Å². The molecule has 4 nitrogen and oxygen atoms in total. The Hall–Kier alpha value is -1.23. The number of fused-ring (bicyclic) bond motifs is 1. The van der Waals surface area contributed by atoms with Crippen molar-refractivity contribution < 1.29 is 13.9 Å². The second kappa shape index (κ2) is 7.56. The standard InChI is InChI=1S/C17H22ClNO3.ClH/c1-6-21-16(20)15-10(2)13-12(22-15)8-7-11(14(13)18)9-19-17(3,4)5;/h7-8,19H,6,9H2,1-5H3;1H. The number of halogens is 2. The van der Waals surface area contributed by atoms with E-state index in [1.165, 1.54) is 0 Å². The van der Waals surface area contributed by atoms with Crippen molar-refractivity contribution in [1.82, 2.24) is 5.32 Å². The Morgan fingerprint density at radius 1 is 1.35 bits per heavy atom. The monoisotopic (exact) mass is 359 g/mol. The molecule has 2 aromatic rings. The topological polar surface area (TPSA) is 51.5 Å². The molecule has 0 fully saturated rings. The van der Waals surface area contributed by atoms with Crippen LogP contribution in [0.3, 0.4) is 0 Å². The van der Waals surface area contributed by atoms with Crippen LogP contribution in [0.1, 0.15) is 49.4 Å². The maximum absolute atomic E-state index is 11.9. The van der Waals surface area contributed by atoms with Gasteiger partial charge in [-0.25, -0.2) is 4.79 Å². The van der Waals surface area contributed by atoms with Crippen molar-refractivity contribution in [3.8, 4) is 0 Å². The SMILES string of the molecule is CCOC(=O)c1oc2ccc(CNC(C)(C)C)c(Cl)c2c1C.Cl. The van der Waals surface area contributed by atoms with Gasteiger partial charge in [-0.05, 0) is 46.2 Å². The number of esters is 1. The first kappa shape index (κ1) is 19.8. The van der Waals surface area contributed by atoms with Crippen LogP contribution in [-0.2, 0) is 11.3 Å². The molecular weight excluding hydrogens is 337 g/mol.